The van der Waals surface area contributed by atoms with Crippen molar-refractivity contribution in [1.82, 2.24) is 5.32 Å². The molecular weight excluding hydrogens is 357 g/mol. The molecule has 1 nitrogen and oxygen atoms in total. The third-order valence-electron chi connectivity index (χ3n) is 4.22. The maximum Gasteiger partial charge on any atom is 0.0179 e. The molecule has 2 aromatic rings. The minimum absolute atomic E-state index is 0.551. The van der Waals surface area contributed by atoms with Crippen LogP contribution in [0.3, 0.4) is 0 Å². The maximum atomic E-state index is 3.69. The molecule has 0 saturated carbocycles. The summed E-state index contributed by atoms with van der Waals surface area (Å²) in [5, 5.41) is 3.69. The molecule has 0 amide bonds. The topological polar surface area (TPSA) is 12.0 Å². The van der Waals surface area contributed by atoms with E-state index in [2.05, 4.69) is 83.4 Å². The van der Waals surface area contributed by atoms with Crippen molar-refractivity contribution in [3.05, 3.63) is 68.8 Å². The predicted octanol–water partition coefficient (Wildman–Crippen LogP) is 4.15. The molecular formula is C18H20IN. The second-order valence-corrected chi connectivity index (χ2v) is 6.75. The first kappa shape index (κ1) is 14.1. The number of benzene rings is 2. The van der Waals surface area contributed by atoms with Gasteiger partial charge in [-0.05, 0) is 70.8 Å². The lowest BCUT2D eigenvalue weighted by molar-refractivity contribution is 0.405. The standard InChI is InChI=1S/C18H20IN/c1-2-20-18(11-13-7-9-15(19)10-8-13)17-12-14-5-3-4-6-16(14)17/h3-10,17-18,20H,2,11-12H2,1H3. The Kier molecular flexibility index (Phi) is 4.41. The summed E-state index contributed by atoms with van der Waals surface area (Å²) in [6.45, 7) is 3.24. The van der Waals surface area contributed by atoms with Gasteiger partial charge in [-0.3, -0.25) is 0 Å². The van der Waals surface area contributed by atoms with E-state index in [-0.39, 0.29) is 0 Å². The van der Waals surface area contributed by atoms with Crippen LogP contribution in [0.5, 0.6) is 0 Å². The second kappa shape index (κ2) is 6.27. The van der Waals surface area contributed by atoms with E-state index < -0.39 is 0 Å². The van der Waals surface area contributed by atoms with Gasteiger partial charge in [-0.25, -0.2) is 0 Å². The quantitative estimate of drug-likeness (QED) is 0.772. The van der Waals surface area contributed by atoms with Crippen molar-refractivity contribution in [3.63, 3.8) is 0 Å². The van der Waals surface area contributed by atoms with Crippen molar-refractivity contribution in [3.8, 4) is 0 Å². The van der Waals surface area contributed by atoms with E-state index >= 15 is 0 Å². The molecule has 0 heterocycles. The van der Waals surface area contributed by atoms with Crippen molar-refractivity contribution in [1.29, 1.82) is 0 Å². The predicted molar refractivity (Wildman–Crippen MR) is 93.2 cm³/mol. The van der Waals surface area contributed by atoms with Gasteiger partial charge >= 0.3 is 0 Å². The van der Waals surface area contributed by atoms with Crippen LogP contribution in [0.1, 0.15) is 29.5 Å². The fourth-order valence-corrected chi connectivity index (χ4v) is 3.51. The van der Waals surface area contributed by atoms with Gasteiger partial charge in [0.2, 0.25) is 0 Å². The van der Waals surface area contributed by atoms with Crippen LogP contribution in [0.4, 0.5) is 0 Å². The SMILES string of the molecule is CCNC(Cc1ccc(I)cc1)C1Cc2ccccc21. The normalized spacial score (nSPS) is 18.2. The first-order valence-corrected chi connectivity index (χ1v) is 8.41. The summed E-state index contributed by atoms with van der Waals surface area (Å²) < 4.78 is 1.31. The largest absolute Gasteiger partial charge is 0.313 e. The molecule has 0 aromatic heterocycles. The highest BCUT2D eigenvalue weighted by atomic mass is 127. The lowest BCUT2D eigenvalue weighted by atomic mass is 9.72. The van der Waals surface area contributed by atoms with Gasteiger partial charge in [0.25, 0.3) is 0 Å². The lowest BCUT2D eigenvalue weighted by Crippen LogP contribution is -2.41. The highest BCUT2D eigenvalue weighted by molar-refractivity contribution is 14.1. The van der Waals surface area contributed by atoms with Crippen LogP contribution in [0.15, 0.2) is 48.5 Å². The molecule has 1 aliphatic rings. The Bertz CT molecular complexity index is 576. The molecule has 2 aromatic carbocycles. The van der Waals surface area contributed by atoms with Crippen LogP contribution >= 0.6 is 22.6 Å². The molecule has 3 rings (SSSR count). The maximum absolute atomic E-state index is 3.69. The summed E-state index contributed by atoms with van der Waals surface area (Å²) in [6, 6.07) is 18.3. The van der Waals surface area contributed by atoms with Gasteiger partial charge in [0, 0.05) is 15.5 Å². The average Bonchev–Trinajstić information content (AvgIpc) is 2.43. The zero-order chi connectivity index (χ0) is 13.9. The third kappa shape index (κ3) is 2.91. The minimum Gasteiger partial charge on any atom is -0.313 e. The van der Waals surface area contributed by atoms with Crippen LogP contribution in [0.2, 0.25) is 0 Å². The van der Waals surface area contributed by atoms with Crippen molar-refractivity contribution in [2.24, 2.45) is 0 Å². The molecule has 20 heavy (non-hydrogen) atoms. The summed E-state index contributed by atoms with van der Waals surface area (Å²) in [5.41, 5.74) is 4.51. The van der Waals surface area contributed by atoms with Gasteiger partial charge in [0.1, 0.15) is 0 Å². The van der Waals surface area contributed by atoms with Crippen LogP contribution < -0.4 is 5.32 Å². The molecule has 0 bridgehead atoms. The lowest BCUT2D eigenvalue weighted by Gasteiger charge is -2.37. The molecule has 1 aliphatic carbocycles. The molecule has 2 atom stereocenters. The summed E-state index contributed by atoms with van der Waals surface area (Å²) in [7, 11) is 0. The van der Waals surface area contributed by atoms with E-state index in [4.69, 9.17) is 0 Å². The molecule has 2 heteroatoms. The molecule has 0 saturated heterocycles. The van der Waals surface area contributed by atoms with E-state index in [1.807, 2.05) is 0 Å². The average molecular weight is 377 g/mol. The van der Waals surface area contributed by atoms with Gasteiger partial charge in [-0.1, -0.05) is 43.3 Å². The first-order chi connectivity index (χ1) is 9.78. The molecule has 0 aliphatic heterocycles. The second-order valence-electron chi connectivity index (χ2n) is 5.50. The zero-order valence-electron chi connectivity index (χ0n) is 11.8. The van der Waals surface area contributed by atoms with Crippen molar-refractivity contribution >= 4 is 22.6 Å². The molecule has 2 unspecified atom stereocenters. The fraction of sp³-hybridized carbons (Fsp3) is 0.333. The number of rotatable bonds is 5. The molecule has 0 spiro atoms. The molecule has 0 fully saturated rings. The van der Waals surface area contributed by atoms with Crippen LogP contribution in [0.25, 0.3) is 0 Å². The van der Waals surface area contributed by atoms with Gasteiger partial charge in [-0.2, -0.15) is 0 Å². The summed E-state index contributed by atoms with van der Waals surface area (Å²) >= 11 is 2.36. The van der Waals surface area contributed by atoms with Crippen LogP contribution in [-0.4, -0.2) is 12.6 Å². The summed E-state index contributed by atoms with van der Waals surface area (Å²) in [5.74, 6) is 0.672. The Hall–Kier alpha value is -0.870. The Morgan fingerprint density at radius 3 is 2.60 bits per heavy atom. The number of fused-ring (bicyclic) bond motifs is 1. The molecule has 0 radical (unpaired) electrons. The van der Waals surface area contributed by atoms with Gasteiger partial charge in [0.05, 0.1) is 0 Å². The van der Waals surface area contributed by atoms with E-state index in [1.54, 1.807) is 5.56 Å². The smallest absolute Gasteiger partial charge is 0.0179 e. The van der Waals surface area contributed by atoms with E-state index in [0.717, 1.165) is 13.0 Å². The highest BCUT2D eigenvalue weighted by Gasteiger charge is 2.32. The number of hydrogen-bond acceptors (Lipinski definition) is 1. The Labute approximate surface area is 134 Å². The van der Waals surface area contributed by atoms with Crippen molar-refractivity contribution < 1.29 is 0 Å². The third-order valence-corrected chi connectivity index (χ3v) is 4.93. The summed E-state index contributed by atoms with van der Waals surface area (Å²) in [4.78, 5) is 0. The monoisotopic (exact) mass is 377 g/mol. The Balaban J connectivity index is 1.75. The zero-order valence-corrected chi connectivity index (χ0v) is 13.9. The van der Waals surface area contributed by atoms with Crippen molar-refractivity contribution in [2.75, 3.05) is 6.54 Å². The van der Waals surface area contributed by atoms with Crippen LogP contribution in [0, 0.1) is 3.57 Å². The number of nitrogens with one attached hydrogen (secondary N) is 1. The summed E-state index contributed by atoms with van der Waals surface area (Å²) in [6.07, 6.45) is 2.34. The fourth-order valence-electron chi connectivity index (χ4n) is 3.15. The van der Waals surface area contributed by atoms with Crippen LogP contribution in [-0.2, 0) is 12.8 Å². The minimum atomic E-state index is 0.551. The highest BCUT2D eigenvalue weighted by Crippen LogP contribution is 2.38. The Morgan fingerprint density at radius 2 is 1.90 bits per heavy atom. The molecule has 1 N–H and O–H groups in total. The number of halogens is 1. The van der Waals surface area contributed by atoms with Gasteiger partial charge in [0.15, 0.2) is 0 Å². The van der Waals surface area contributed by atoms with E-state index in [0.29, 0.717) is 12.0 Å². The first-order valence-electron chi connectivity index (χ1n) is 7.33. The van der Waals surface area contributed by atoms with Gasteiger partial charge < -0.3 is 5.32 Å². The van der Waals surface area contributed by atoms with E-state index in [1.165, 1.54) is 21.1 Å². The van der Waals surface area contributed by atoms with Gasteiger partial charge in [-0.15, -0.1) is 0 Å². The Morgan fingerprint density at radius 1 is 1.15 bits per heavy atom. The number of likely N-dealkylation sites (N-methyl/N-ethyl adjacent to an activating group) is 1. The number of hydrogen-bond donors (Lipinski definition) is 1. The molecule has 104 valence electrons. The van der Waals surface area contributed by atoms with E-state index in [9.17, 15) is 0 Å². The van der Waals surface area contributed by atoms with Crippen molar-refractivity contribution in [2.45, 2.75) is 31.7 Å².